The van der Waals surface area contributed by atoms with E-state index in [0.717, 1.165) is 0 Å². The van der Waals surface area contributed by atoms with E-state index in [-0.39, 0.29) is 29.7 Å². The maximum absolute atomic E-state index is 12.8. The SMILES string of the molecule is CC(C)CN(CCC#N)S(=O)(=O)c1c(N)nc2sccn12. The standard InChI is InChI=1S/C12H17N5O2S2/c1-9(2)8-16(5-3-4-13)21(18,19)11-10(14)15-12-17(11)6-7-20-12/h6-7,9H,3,5,8,14H2,1-2H3. The number of rotatable bonds is 6. The van der Waals surface area contributed by atoms with Crippen molar-refractivity contribution in [2.45, 2.75) is 25.3 Å². The average Bonchev–Trinajstić information content (AvgIpc) is 2.92. The third kappa shape index (κ3) is 3.02. The van der Waals surface area contributed by atoms with Crippen LogP contribution in [-0.4, -0.2) is 35.2 Å². The molecule has 0 aliphatic rings. The fourth-order valence-corrected chi connectivity index (χ4v) is 4.61. The molecular weight excluding hydrogens is 310 g/mol. The number of hydrogen-bond acceptors (Lipinski definition) is 6. The quantitative estimate of drug-likeness (QED) is 0.866. The van der Waals surface area contributed by atoms with Gasteiger partial charge in [-0.05, 0) is 5.92 Å². The highest BCUT2D eigenvalue weighted by molar-refractivity contribution is 7.89. The number of fused-ring (bicyclic) bond motifs is 1. The number of imidazole rings is 1. The van der Waals surface area contributed by atoms with Gasteiger partial charge in [0, 0.05) is 31.1 Å². The molecule has 7 nitrogen and oxygen atoms in total. The van der Waals surface area contributed by atoms with Crippen LogP contribution in [0, 0.1) is 17.2 Å². The first-order valence-corrected chi connectivity index (χ1v) is 8.78. The van der Waals surface area contributed by atoms with E-state index in [2.05, 4.69) is 4.98 Å². The van der Waals surface area contributed by atoms with E-state index in [0.29, 0.717) is 11.5 Å². The van der Waals surface area contributed by atoms with Crippen LogP contribution in [0.5, 0.6) is 0 Å². The Morgan fingerprint density at radius 1 is 1.57 bits per heavy atom. The van der Waals surface area contributed by atoms with Crippen molar-refractivity contribution in [1.29, 1.82) is 5.26 Å². The third-order valence-corrected chi connectivity index (χ3v) is 5.53. The fourth-order valence-electron chi connectivity index (χ4n) is 2.05. The largest absolute Gasteiger partial charge is 0.381 e. The van der Waals surface area contributed by atoms with Crippen molar-refractivity contribution >= 4 is 32.1 Å². The average molecular weight is 327 g/mol. The van der Waals surface area contributed by atoms with Crippen LogP contribution in [0.25, 0.3) is 4.96 Å². The number of nitriles is 1. The zero-order valence-corrected chi connectivity index (χ0v) is 13.5. The fraction of sp³-hybridized carbons (Fsp3) is 0.500. The van der Waals surface area contributed by atoms with Gasteiger partial charge in [-0.1, -0.05) is 13.8 Å². The Hall–Kier alpha value is -1.63. The van der Waals surface area contributed by atoms with Crippen molar-refractivity contribution in [1.82, 2.24) is 13.7 Å². The van der Waals surface area contributed by atoms with Crippen LogP contribution in [-0.2, 0) is 10.0 Å². The summed E-state index contributed by atoms with van der Waals surface area (Å²) in [5, 5.41) is 10.5. The lowest BCUT2D eigenvalue weighted by molar-refractivity contribution is 0.371. The summed E-state index contributed by atoms with van der Waals surface area (Å²) in [6, 6.07) is 1.98. The van der Waals surface area contributed by atoms with Gasteiger partial charge in [-0.15, -0.1) is 11.3 Å². The van der Waals surface area contributed by atoms with Gasteiger partial charge in [0.05, 0.1) is 6.07 Å². The molecule has 9 heteroatoms. The smallest absolute Gasteiger partial charge is 0.262 e. The number of aromatic nitrogens is 2. The number of nitrogens with zero attached hydrogens (tertiary/aromatic N) is 4. The molecule has 0 atom stereocenters. The first-order chi connectivity index (χ1) is 9.87. The molecule has 0 fully saturated rings. The summed E-state index contributed by atoms with van der Waals surface area (Å²) in [7, 11) is -3.79. The molecule has 0 aliphatic carbocycles. The van der Waals surface area contributed by atoms with Crippen LogP contribution >= 0.6 is 11.3 Å². The summed E-state index contributed by atoms with van der Waals surface area (Å²) in [5.74, 6) is 0.137. The molecule has 2 aromatic heterocycles. The molecule has 0 aliphatic heterocycles. The molecule has 0 bridgehead atoms. The van der Waals surface area contributed by atoms with Crippen LogP contribution in [0.15, 0.2) is 16.6 Å². The first-order valence-electron chi connectivity index (χ1n) is 6.46. The zero-order valence-electron chi connectivity index (χ0n) is 11.9. The Morgan fingerprint density at radius 2 is 2.29 bits per heavy atom. The summed E-state index contributed by atoms with van der Waals surface area (Å²) < 4.78 is 28.5. The normalized spacial score (nSPS) is 12.3. The maximum Gasteiger partial charge on any atom is 0.262 e. The molecule has 0 radical (unpaired) electrons. The van der Waals surface area contributed by atoms with Gasteiger partial charge in [0.15, 0.2) is 15.8 Å². The summed E-state index contributed by atoms with van der Waals surface area (Å²) in [5.41, 5.74) is 5.79. The molecule has 2 aromatic rings. The molecule has 0 amide bonds. The predicted octanol–water partition coefficient (Wildman–Crippen LogP) is 1.54. The Morgan fingerprint density at radius 3 is 2.90 bits per heavy atom. The number of hydrogen-bond donors (Lipinski definition) is 1. The van der Waals surface area contributed by atoms with Gasteiger partial charge in [0.2, 0.25) is 0 Å². The third-order valence-electron chi connectivity index (χ3n) is 2.87. The Bertz CT molecular complexity index is 769. The molecule has 0 unspecified atom stereocenters. The van der Waals surface area contributed by atoms with E-state index >= 15 is 0 Å². The lowest BCUT2D eigenvalue weighted by atomic mass is 10.2. The highest BCUT2D eigenvalue weighted by Gasteiger charge is 2.31. The van der Waals surface area contributed by atoms with E-state index in [4.69, 9.17) is 11.0 Å². The van der Waals surface area contributed by atoms with Gasteiger partial charge in [-0.3, -0.25) is 4.40 Å². The number of nitrogens with two attached hydrogens (primary N) is 1. The van der Waals surface area contributed by atoms with E-state index in [9.17, 15) is 8.42 Å². The minimum absolute atomic E-state index is 0.00689. The van der Waals surface area contributed by atoms with Gasteiger partial charge in [-0.2, -0.15) is 9.57 Å². The van der Waals surface area contributed by atoms with Crippen LogP contribution in [0.2, 0.25) is 0 Å². The highest BCUT2D eigenvalue weighted by atomic mass is 32.2. The lowest BCUT2D eigenvalue weighted by Gasteiger charge is -2.22. The second kappa shape index (κ2) is 6.01. The Kier molecular flexibility index (Phi) is 4.51. The van der Waals surface area contributed by atoms with Crippen molar-refractivity contribution in [3.8, 4) is 6.07 Å². The Labute approximate surface area is 127 Å². The van der Waals surface area contributed by atoms with Crippen LogP contribution in [0.1, 0.15) is 20.3 Å². The van der Waals surface area contributed by atoms with Crippen molar-refractivity contribution in [3.05, 3.63) is 11.6 Å². The van der Waals surface area contributed by atoms with Crippen molar-refractivity contribution < 1.29 is 8.42 Å². The van der Waals surface area contributed by atoms with Gasteiger partial charge in [-0.25, -0.2) is 13.4 Å². The molecule has 2 heterocycles. The molecule has 0 aromatic carbocycles. The van der Waals surface area contributed by atoms with E-state index in [1.54, 1.807) is 11.6 Å². The maximum atomic E-state index is 12.8. The molecule has 2 N–H and O–H groups in total. The van der Waals surface area contributed by atoms with E-state index < -0.39 is 10.0 Å². The topological polar surface area (TPSA) is 104 Å². The summed E-state index contributed by atoms with van der Waals surface area (Å²) >= 11 is 1.32. The van der Waals surface area contributed by atoms with Crippen LogP contribution in [0.3, 0.4) is 0 Å². The number of nitrogen functional groups attached to an aromatic ring is 1. The second-order valence-corrected chi connectivity index (χ2v) is 7.75. The Balaban J connectivity index is 2.49. The van der Waals surface area contributed by atoms with Gasteiger partial charge in [0.1, 0.15) is 0 Å². The van der Waals surface area contributed by atoms with Crippen LogP contribution in [0.4, 0.5) is 5.82 Å². The van der Waals surface area contributed by atoms with Crippen molar-refractivity contribution in [3.63, 3.8) is 0 Å². The lowest BCUT2D eigenvalue weighted by Crippen LogP contribution is -2.36. The van der Waals surface area contributed by atoms with Crippen molar-refractivity contribution in [2.24, 2.45) is 5.92 Å². The molecule has 114 valence electrons. The summed E-state index contributed by atoms with van der Waals surface area (Å²) in [6.07, 6.45) is 1.77. The van der Waals surface area contributed by atoms with Crippen LogP contribution < -0.4 is 5.73 Å². The molecular formula is C12H17N5O2S2. The molecule has 0 saturated heterocycles. The minimum Gasteiger partial charge on any atom is -0.381 e. The van der Waals surface area contributed by atoms with Gasteiger partial charge in [0.25, 0.3) is 10.0 Å². The summed E-state index contributed by atoms with van der Waals surface area (Å²) in [4.78, 5) is 4.61. The summed E-state index contributed by atoms with van der Waals surface area (Å²) in [6.45, 7) is 4.33. The number of thiazole rings is 1. The van der Waals surface area contributed by atoms with Gasteiger partial charge < -0.3 is 5.73 Å². The van der Waals surface area contributed by atoms with E-state index in [1.165, 1.54) is 20.0 Å². The monoisotopic (exact) mass is 327 g/mol. The number of anilines is 1. The van der Waals surface area contributed by atoms with E-state index in [1.807, 2.05) is 19.9 Å². The molecule has 2 rings (SSSR count). The number of sulfonamides is 1. The molecule has 0 spiro atoms. The molecule has 21 heavy (non-hydrogen) atoms. The highest BCUT2D eigenvalue weighted by Crippen LogP contribution is 2.26. The van der Waals surface area contributed by atoms with Gasteiger partial charge >= 0.3 is 0 Å². The predicted molar refractivity (Wildman–Crippen MR) is 81.3 cm³/mol. The zero-order chi connectivity index (χ0) is 15.6. The minimum atomic E-state index is -3.79. The second-order valence-electron chi connectivity index (χ2n) is 5.02. The van der Waals surface area contributed by atoms with Crippen molar-refractivity contribution in [2.75, 3.05) is 18.8 Å². The molecule has 0 saturated carbocycles. The first kappa shape index (κ1) is 15.8.